The summed E-state index contributed by atoms with van der Waals surface area (Å²) < 4.78 is 11.0. The molecular weight excluding hydrogens is 204 g/mol. The van der Waals surface area contributed by atoms with Gasteiger partial charge in [-0.2, -0.15) is 0 Å². The number of hydrogen-bond donors (Lipinski definition) is 1. The lowest BCUT2D eigenvalue weighted by Crippen LogP contribution is -2.49. The molecule has 96 valence electrons. The molecule has 2 unspecified atom stereocenters. The molecule has 0 aromatic carbocycles. The first-order chi connectivity index (χ1) is 7.81. The van der Waals surface area contributed by atoms with Gasteiger partial charge in [0.05, 0.1) is 19.3 Å². The lowest BCUT2D eigenvalue weighted by Gasteiger charge is -2.37. The highest BCUT2D eigenvalue weighted by Crippen LogP contribution is 2.14. The van der Waals surface area contributed by atoms with E-state index in [9.17, 15) is 0 Å². The van der Waals surface area contributed by atoms with Gasteiger partial charge in [0, 0.05) is 26.2 Å². The Labute approximate surface area is 99.1 Å². The van der Waals surface area contributed by atoms with E-state index in [1.54, 1.807) is 7.11 Å². The highest BCUT2D eigenvalue weighted by atomic mass is 16.5. The van der Waals surface area contributed by atoms with Crippen LogP contribution in [0.1, 0.15) is 26.2 Å². The molecular formula is C12H26N2O2. The maximum absolute atomic E-state index is 5.68. The minimum Gasteiger partial charge on any atom is -0.383 e. The van der Waals surface area contributed by atoms with Crippen LogP contribution in [0.5, 0.6) is 0 Å². The first-order valence-corrected chi connectivity index (χ1v) is 6.36. The number of morpholine rings is 1. The molecule has 0 amide bonds. The Morgan fingerprint density at radius 2 is 2.38 bits per heavy atom. The van der Waals surface area contributed by atoms with Gasteiger partial charge in [0.1, 0.15) is 0 Å². The fraction of sp³-hybridized carbons (Fsp3) is 1.00. The van der Waals surface area contributed by atoms with Crippen LogP contribution in [-0.2, 0) is 9.47 Å². The zero-order valence-corrected chi connectivity index (χ0v) is 10.7. The van der Waals surface area contributed by atoms with E-state index in [1.165, 1.54) is 0 Å². The van der Waals surface area contributed by atoms with Crippen LogP contribution >= 0.6 is 0 Å². The Kier molecular flexibility index (Phi) is 6.96. The molecule has 4 heteroatoms. The summed E-state index contributed by atoms with van der Waals surface area (Å²) in [6, 6.07) is 0.506. The molecule has 0 saturated carbocycles. The molecule has 2 N–H and O–H groups in total. The highest BCUT2D eigenvalue weighted by molar-refractivity contribution is 4.78. The second-order valence-corrected chi connectivity index (χ2v) is 4.44. The van der Waals surface area contributed by atoms with Gasteiger partial charge in [-0.3, -0.25) is 4.90 Å². The highest BCUT2D eigenvalue weighted by Gasteiger charge is 2.24. The number of rotatable bonds is 7. The second-order valence-electron chi connectivity index (χ2n) is 4.44. The summed E-state index contributed by atoms with van der Waals surface area (Å²) in [7, 11) is 1.77. The van der Waals surface area contributed by atoms with Crippen molar-refractivity contribution < 1.29 is 9.47 Å². The molecule has 1 heterocycles. The van der Waals surface area contributed by atoms with E-state index in [2.05, 4.69) is 11.8 Å². The van der Waals surface area contributed by atoms with Crippen molar-refractivity contribution in [3.63, 3.8) is 0 Å². The Morgan fingerprint density at radius 1 is 1.56 bits per heavy atom. The zero-order chi connectivity index (χ0) is 11.8. The van der Waals surface area contributed by atoms with Crippen molar-refractivity contribution in [3.05, 3.63) is 0 Å². The molecule has 1 aliphatic rings. The van der Waals surface area contributed by atoms with Gasteiger partial charge in [0.15, 0.2) is 0 Å². The van der Waals surface area contributed by atoms with E-state index in [4.69, 9.17) is 15.2 Å². The quantitative estimate of drug-likeness (QED) is 0.704. The van der Waals surface area contributed by atoms with Gasteiger partial charge in [-0.15, -0.1) is 0 Å². The number of methoxy groups -OCH3 is 1. The van der Waals surface area contributed by atoms with Crippen molar-refractivity contribution in [2.45, 2.75) is 38.3 Å². The average Bonchev–Trinajstić information content (AvgIpc) is 2.34. The monoisotopic (exact) mass is 230 g/mol. The largest absolute Gasteiger partial charge is 0.383 e. The van der Waals surface area contributed by atoms with Crippen molar-refractivity contribution in [2.75, 3.05) is 40.0 Å². The van der Waals surface area contributed by atoms with Crippen LogP contribution in [0, 0.1) is 0 Å². The molecule has 0 bridgehead atoms. The zero-order valence-electron chi connectivity index (χ0n) is 10.7. The summed E-state index contributed by atoms with van der Waals surface area (Å²) in [4.78, 5) is 2.50. The third kappa shape index (κ3) is 4.37. The summed E-state index contributed by atoms with van der Waals surface area (Å²) in [6.07, 6.45) is 3.68. The Balaban J connectivity index is 2.41. The third-order valence-corrected chi connectivity index (χ3v) is 3.24. The summed E-state index contributed by atoms with van der Waals surface area (Å²) in [5, 5.41) is 0. The van der Waals surface area contributed by atoms with Crippen molar-refractivity contribution in [2.24, 2.45) is 5.73 Å². The van der Waals surface area contributed by atoms with Crippen molar-refractivity contribution >= 4 is 0 Å². The van der Waals surface area contributed by atoms with Gasteiger partial charge in [-0.25, -0.2) is 0 Å². The normalized spacial score (nSPS) is 24.6. The van der Waals surface area contributed by atoms with Crippen molar-refractivity contribution in [1.29, 1.82) is 0 Å². The topological polar surface area (TPSA) is 47.7 Å². The fourth-order valence-electron chi connectivity index (χ4n) is 2.24. The summed E-state index contributed by atoms with van der Waals surface area (Å²) in [6.45, 7) is 6.66. The van der Waals surface area contributed by atoms with Gasteiger partial charge < -0.3 is 15.2 Å². The van der Waals surface area contributed by atoms with Crippen LogP contribution < -0.4 is 5.73 Å². The standard InChI is InChI=1S/C12H26N2O2/c1-3-12-9-14(7-8-16-12)11(10-15-2)5-4-6-13/h11-12H,3-10,13H2,1-2H3. The van der Waals surface area contributed by atoms with Crippen molar-refractivity contribution in [3.8, 4) is 0 Å². The molecule has 0 radical (unpaired) electrons. The maximum atomic E-state index is 5.68. The molecule has 0 aliphatic carbocycles. The minimum atomic E-state index is 0.394. The number of nitrogens with two attached hydrogens (primary N) is 1. The van der Waals surface area contributed by atoms with Crippen molar-refractivity contribution in [1.82, 2.24) is 4.90 Å². The Morgan fingerprint density at radius 3 is 3.00 bits per heavy atom. The van der Waals surface area contributed by atoms with Gasteiger partial charge in [-0.1, -0.05) is 6.92 Å². The fourth-order valence-corrected chi connectivity index (χ4v) is 2.24. The van der Waals surface area contributed by atoms with Crippen LogP contribution in [0.25, 0.3) is 0 Å². The smallest absolute Gasteiger partial charge is 0.0700 e. The Bertz CT molecular complexity index is 176. The van der Waals surface area contributed by atoms with E-state index in [0.29, 0.717) is 12.1 Å². The lowest BCUT2D eigenvalue weighted by atomic mass is 10.1. The van der Waals surface area contributed by atoms with E-state index in [1.807, 2.05) is 0 Å². The predicted molar refractivity (Wildman–Crippen MR) is 65.6 cm³/mol. The van der Waals surface area contributed by atoms with Gasteiger partial charge in [0.2, 0.25) is 0 Å². The van der Waals surface area contributed by atoms with Crippen LogP contribution in [0.4, 0.5) is 0 Å². The van der Waals surface area contributed by atoms with E-state index in [-0.39, 0.29) is 0 Å². The average molecular weight is 230 g/mol. The summed E-state index contributed by atoms with van der Waals surface area (Å²) in [5.41, 5.74) is 5.57. The summed E-state index contributed by atoms with van der Waals surface area (Å²) in [5.74, 6) is 0. The van der Waals surface area contributed by atoms with Crippen LogP contribution in [0.15, 0.2) is 0 Å². The molecule has 1 aliphatic heterocycles. The van der Waals surface area contributed by atoms with E-state index < -0.39 is 0 Å². The first kappa shape index (κ1) is 13.9. The summed E-state index contributed by atoms with van der Waals surface area (Å²) >= 11 is 0. The van der Waals surface area contributed by atoms with Crippen LogP contribution in [-0.4, -0.2) is 57.0 Å². The lowest BCUT2D eigenvalue weighted by molar-refractivity contribution is -0.0560. The molecule has 1 saturated heterocycles. The van der Waals surface area contributed by atoms with Crippen LogP contribution in [0.3, 0.4) is 0 Å². The molecule has 0 spiro atoms. The molecule has 0 aromatic heterocycles. The second kappa shape index (κ2) is 8.01. The number of ether oxygens (including phenoxy) is 2. The SMILES string of the molecule is CCC1CN(C(CCCN)COC)CCO1. The van der Waals surface area contributed by atoms with Gasteiger partial charge in [-0.05, 0) is 25.8 Å². The van der Waals surface area contributed by atoms with Gasteiger partial charge >= 0.3 is 0 Å². The molecule has 1 fully saturated rings. The molecule has 0 aromatic rings. The first-order valence-electron chi connectivity index (χ1n) is 6.36. The minimum absolute atomic E-state index is 0.394. The maximum Gasteiger partial charge on any atom is 0.0700 e. The number of nitrogens with zero attached hydrogens (tertiary/aromatic N) is 1. The molecule has 4 nitrogen and oxygen atoms in total. The van der Waals surface area contributed by atoms with Gasteiger partial charge in [0.25, 0.3) is 0 Å². The van der Waals surface area contributed by atoms with E-state index in [0.717, 1.165) is 52.1 Å². The molecule has 2 atom stereocenters. The van der Waals surface area contributed by atoms with E-state index >= 15 is 0 Å². The van der Waals surface area contributed by atoms with Crippen LogP contribution in [0.2, 0.25) is 0 Å². The Hall–Kier alpha value is -0.160. The molecule has 16 heavy (non-hydrogen) atoms. The molecule has 1 rings (SSSR count). The predicted octanol–water partition coefficient (Wildman–Crippen LogP) is 0.851. The number of hydrogen-bond acceptors (Lipinski definition) is 4. The third-order valence-electron chi connectivity index (χ3n) is 3.24.